The summed E-state index contributed by atoms with van der Waals surface area (Å²) in [6.45, 7) is 2.17. The number of para-hydroxylation sites is 1. The molecular formula is C14H12ClFN4O2S. The molecule has 1 aromatic carbocycles. The van der Waals surface area contributed by atoms with E-state index in [1.165, 1.54) is 18.3 Å². The van der Waals surface area contributed by atoms with Crippen LogP contribution in [0.1, 0.15) is 6.92 Å². The molecule has 0 saturated heterocycles. The van der Waals surface area contributed by atoms with Crippen LogP contribution in [0.3, 0.4) is 0 Å². The van der Waals surface area contributed by atoms with Crippen molar-refractivity contribution >= 4 is 33.3 Å². The fourth-order valence-corrected chi connectivity index (χ4v) is 3.67. The van der Waals surface area contributed by atoms with E-state index >= 15 is 0 Å². The Morgan fingerprint density at radius 2 is 2.09 bits per heavy atom. The van der Waals surface area contributed by atoms with Gasteiger partial charge in [0.15, 0.2) is 0 Å². The molecule has 9 heteroatoms. The Morgan fingerprint density at radius 1 is 1.30 bits per heavy atom. The van der Waals surface area contributed by atoms with E-state index in [1.807, 2.05) is 0 Å². The maximum atomic E-state index is 13.6. The summed E-state index contributed by atoms with van der Waals surface area (Å²) in [6, 6.07) is 6.18. The quantitative estimate of drug-likeness (QED) is 0.812. The van der Waals surface area contributed by atoms with Crippen LogP contribution < -0.4 is 10.0 Å². The smallest absolute Gasteiger partial charge is 0.266 e. The number of pyridine rings is 1. The van der Waals surface area contributed by atoms with Crippen molar-refractivity contribution in [1.29, 1.82) is 0 Å². The predicted octanol–water partition coefficient (Wildman–Crippen LogP) is 2.62. The van der Waals surface area contributed by atoms with Crippen molar-refractivity contribution in [2.45, 2.75) is 11.8 Å². The number of sulfonamides is 1. The number of benzene rings is 1. The molecule has 0 spiro atoms. The lowest BCUT2D eigenvalue weighted by molar-refractivity contribution is 0.585. The summed E-state index contributed by atoms with van der Waals surface area (Å²) in [5.74, 6) is -0.709. The van der Waals surface area contributed by atoms with E-state index < -0.39 is 16.0 Å². The number of fused-ring (bicyclic) bond motifs is 1. The van der Waals surface area contributed by atoms with Crippen LogP contribution in [0.15, 0.2) is 40.4 Å². The molecule has 0 amide bonds. The van der Waals surface area contributed by atoms with Gasteiger partial charge in [0, 0.05) is 23.9 Å². The van der Waals surface area contributed by atoms with Crippen LogP contribution in [0.2, 0.25) is 5.02 Å². The first kappa shape index (κ1) is 15.7. The fraction of sp³-hybridized carbons (Fsp3) is 0.143. The van der Waals surface area contributed by atoms with Crippen molar-refractivity contribution in [3.8, 4) is 11.1 Å². The van der Waals surface area contributed by atoms with Crippen molar-refractivity contribution in [3.05, 3.63) is 41.4 Å². The summed E-state index contributed by atoms with van der Waals surface area (Å²) < 4.78 is 40.7. The molecule has 3 rings (SSSR count). The van der Waals surface area contributed by atoms with E-state index in [1.54, 1.807) is 19.1 Å². The van der Waals surface area contributed by atoms with Gasteiger partial charge in [-0.2, -0.15) is 4.39 Å². The minimum Gasteiger partial charge on any atom is -0.324 e. The minimum absolute atomic E-state index is 0.0401. The monoisotopic (exact) mass is 354 g/mol. The van der Waals surface area contributed by atoms with E-state index in [0.717, 1.165) is 0 Å². The van der Waals surface area contributed by atoms with Crippen molar-refractivity contribution in [2.75, 3.05) is 11.9 Å². The van der Waals surface area contributed by atoms with E-state index in [0.29, 0.717) is 23.4 Å². The highest BCUT2D eigenvalue weighted by Gasteiger charge is 2.29. The topological polar surface area (TPSA) is 83.5 Å². The SMILES string of the molecule is CCN=C1Nc2c(-c3ccnc(F)c3Cl)cccc2S(=O)(=O)N1. The zero-order chi connectivity index (χ0) is 16.6. The summed E-state index contributed by atoms with van der Waals surface area (Å²) in [6.07, 6.45) is 1.27. The average molecular weight is 355 g/mol. The summed E-state index contributed by atoms with van der Waals surface area (Å²) in [4.78, 5) is 7.57. The predicted molar refractivity (Wildman–Crippen MR) is 86.6 cm³/mol. The molecule has 1 aromatic heterocycles. The van der Waals surface area contributed by atoms with Gasteiger partial charge in [-0.3, -0.25) is 4.99 Å². The van der Waals surface area contributed by atoms with Crippen LogP contribution in [0.25, 0.3) is 11.1 Å². The normalized spacial score (nSPS) is 17.3. The maximum Gasteiger partial charge on any atom is 0.266 e. The molecule has 1 aliphatic rings. The van der Waals surface area contributed by atoms with Gasteiger partial charge in [0.25, 0.3) is 10.0 Å². The van der Waals surface area contributed by atoms with E-state index in [-0.39, 0.29) is 15.9 Å². The van der Waals surface area contributed by atoms with Gasteiger partial charge in [-0.15, -0.1) is 0 Å². The Morgan fingerprint density at radius 3 is 2.83 bits per heavy atom. The van der Waals surface area contributed by atoms with Gasteiger partial charge in [-0.1, -0.05) is 23.7 Å². The third kappa shape index (κ3) is 2.75. The zero-order valence-electron chi connectivity index (χ0n) is 12.0. The highest BCUT2D eigenvalue weighted by Crippen LogP contribution is 2.38. The number of halogens is 2. The molecule has 23 heavy (non-hydrogen) atoms. The van der Waals surface area contributed by atoms with Gasteiger partial charge in [-0.05, 0) is 19.1 Å². The maximum absolute atomic E-state index is 13.6. The Kier molecular flexibility index (Phi) is 3.95. The largest absolute Gasteiger partial charge is 0.324 e. The molecule has 6 nitrogen and oxygen atoms in total. The molecule has 0 unspecified atom stereocenters. The lowest BCUT2D eigenvalue weighted by Crippen LogP contribution is -2.41. The highest BCUT2D eigenvalue weighted by atomic mass is 35.5. The third-order valence-corrected chi connectivity index (χ3v) is 4.98. The van der Waals surface area contributed by atoms with Crippen LogP contribution in [0.4, 0.5) is 10.1 Å². The minimum atomic E-state index is -3.76. The second kappa shape index (κ2) is 5.78. The molecule has 0 radical (unpaired) electrons. The van der Waals surface area contributed by atoms with Gasteiger partial charge >= 0.3 is 0 Å². The third-order valence-electron chi connectivity index (χ3n) is 3.24. The van der Waals surface area contributed by atoms with Crippen LogP contribution in [-0.4, -0.2) is 25.9 Å². The van der Waals surface area contributed by atoms with Crippen LogP contribution in [0.5, 0.6) is 0 Å². The molecule has 0 saturated carbocycles. The first-order chi connectivity index (χ1) is 10.9. The van der Waals surface area contributed by atoms with E-state index in [4.69, 9.17) is 11.6 Å². The highest BCUT2D eigenvalue weighted by molar-refractivity contribution is 7.90. The molecule has 0 bridgehead atoms. The lowest BCUT2D eigenvalue weighted by Gasteiger charge is -2.24. The van der Waals surface area contributed by atoms with Crippen molar-refractivity contribution in [2.24, 2.45) is 4.99 Å². The number of aliphatic imine (C=N–C) groups is 1. The number of guanidine groups is 1. The Labute approximate surface area is 137 Å². The standard InChI is InChI=1S/C14H12ClFN4O2S/c1-2-17-14-19-12-9(8-6-7-18-13(16)11(8)15)4-3-5-10(12)23(21,22)20-14/h3-7H,2H2,1H3,(H2,17,19,20). The van der Waals surface area contributed by atoms with Gasteiger partial charge < -0.3 is 5.32 Å². The Hall–Kier alpha value is -2.19. The van der Waals surface area contributed by atoms with E-state index in [9.17, 15) is 12.8 Å². The van der Waals surface area contributed by atoms with Crippen molar-refractivity contribution in [3.63, 3.8) is 0 Å². The fourth-order valence-electron chi connectivity index (χ4n) is 2.29. The van der Waals surface area contributed by atoms with E-state index in [2.05, 4.69) is 20.0 Å². The summed E-state index contributed by atoms with van der Waals surface area (Å²) in [7, 11) is -3.76. The molecule has 0 fully saturated rings. The number of hydrogen-bond acceptors (Lipinski definition) is 4. The summed E-state index contributed by atoms with van der Waals surface area (Å²) in [5, 5.41) is 2.75. The van der Waals surface area contributed by atoms with Gasteiger partial charge in [-0.25, -0.2) is 18.1 Å². The number of aromatic nitrogens is 1. The Balaban J connectivity index is 2.27. The number of anilines is 1. The number of hydrogen-bond donors (Lipinski definition) is 2. The van der Waals surface area contributed by atoms with Gasteiger partial charge in [0.05, 0.1) is 5.69 Å². The molecule has 2 N–H and O–H groups in total. The number of nitrogens with zero attached hydrogens (tertiary/aromatic N) is 2. The number of rotatable bonds is 2. The van der Waals surface area contributed by atoms with Gasteiger partial charge in [0.1, 0.15) is 9.92 Å². The van der Waals surface area contributed by atoms with Crippen LogP contribution in [0, 0.1) is 5.95 Å². The summed E-state index contributed by atoms with van der Waals surface area (Å²) >= 11 is 5.98. The lowest BCUT2D eigenvalue weighted by atomic mass is 10.0. The molecule has 0 atom stereocenters. The summed E-state index contributed by atoms with van der Waals surface area (Å²) in [5.41, 5.74) is 1.09. The second-order valence-corrected chi connectivity index (χ2v) is 6.72. The molecule has 0 aliphatic carbocycles. The van der Waals surface area contributed by atoms with Crippen LogP contribution in [-0.2, 0) is 10.0 Å². The second-order valence-electron chi connectivity index (χ2n) is 4.70. The van der Waals surface area contributed by atoms with Gasteiger partial charge in [0.2, 0.25) is 11.9 Å². The van der Waals surface area contributed by atoms with Crippen molar-refractivity contribution < 1.29 is 12.8 Å². The first-order valence-electron chi connectivity index (χ1n) is 6.71. The average Bonchev–Trinajstić information content (AvgIpc) is 2.49. The molecule has 2 aromatic rings. The zero-order valence-corrected chi connectivity index (χ0v) is 13.5. The first-order valence-corrected chi connectivity index (χ1v) is 8.58. The number of nitrogens with one attached hydrogen (secondary N) is 2. The Bertz CT molecular complexity index is 915. The molecule has 2 heterocycles. The van der Waals surface area contributed by atoms with Crippen molar-refractivity contribution in [1.82, 2.24) is 9.71 Å². The molecule has 1 aliphatic heterocycles. The van der Waals surface area contributed by atoms with Crippen LogP contribution >= 0.6 is 11.6 Å². The molecule has 120 valence electrons. The molecular weight excluding hydrogens is 343 g/mol.